The van der Waals surface area contributed by atoms with Gasteiger partial charge >= 0.3 is 5.69 Å². The van der Waals surface area contributed by atoms with Crippen molar-refractivity contribution in [2.75, 3.05) is 11.9 Å². The Balaban J connectivity index is 2.14. The van der Waals surface area contributed by atoms with Gasteiger partial charge in [-0.15, -0.1) is 0 Å². The Hall–Kier alpha value is -2.11. The summed E-state index contributed by atoms with van der Waals surface area (Å²) in [7, 11) is 1.72. The molecule has 6 heteroatoms. The Morgan fingerprint density at radius 3 is 2.65 bits per heavy atom. The number of hydrogen-bond acceptors (Lipinski definition) is 4. The molecule has 0 radical (unpaired) electrons. The number of rotatable bonds is 4. The third-order valence-electron chi connectivity index (χ3n) is 2.41. The van der Waals surface area contributed by atoms with E-state index in [1.54, 1.807) is 36.4 Å². The van der Waals surface area contributed by atoms with E-state index < -0.39 is 0 Å². The van der Waals surface area contributed by atoms with E-state index in [0.29, 0.717) is 6.54 Å². The smallest absolute Gasteiger partial charge is 0.328 e. The van der Waals surface area contributed by atoms with Crippen LogP contribution in [0.1, 0.15) is 12.6 Å². The number of nitrogens with one attached hydrogen (secondary N) is 1. The zero-order valence-corrected chi connectivity index (χ0v) is 9.92. The summed E-state index contributed by atoms with van der Waals surface area (Å²) in [5.41, 5.74) is 0.711. The summed E-state index contributed by atoms with van der Waals surface area (Å²) in [6.45, 7) is 3.25. The normalized spacial score (nSPS) is 10.5. The Morgan fingerprint density at radius 2 is 2.12 bits per heavy atom. The van der Waals surface area contributed by atoms with Gasteiger partial charge in [-0.1, -0.05) is 0 Å². The second-order valence-electron chi connectivity index (χ2n) is 3.74. The number of aryl methyl sites for hydroxylation is 1. The lowest BCUT2D eigenvalue weighted by Gasteiger charge is -2.03. The van der Waals surface area contributed by atoms with Crippen molar-refractivity contribution in [3.05, 3.63) is 41.0 Å². The molecule has 2 aromatic heterocycles. The van der Waals surface area contributed by atoms with Crippen LogP contribution >= 0.6 is 0 Å². The molecule has 0 aliphatic rings. The van der Waals surface area contributed by atoms with Gasteiger partial charge in [-0.25, -0.2) is 9.78 Å². The average Bonchev–Trinajstić information content (AvgIpc) is 2.64. The highest BCUT2D eigenvalue weighted by atomic mass is 16.1. The van der Waals surface area contributed by atoms with Gasteiger partial charge < -0.3 is 9.88 Å². The number of nitrogens with zero attached hydrogens (tertiary/aromatic N) is 4. The Labute approximate surface area is 98.9 Å². The zero-order chi connectivity index (χ0) is 12.3. The summed E-state index contributed by atoms with van der Waals surface area (Å²) < 4.78 is 3.12. The first-order chi connectivity index (χ1) is 8.20. The van der Waals surface area contributed by atoms with Crippen LogP contribution in [0.25, 0.3) is 0 Å². The minimum absolute atomic E-state index is 0.0532. The van der Waals surface area contributed by atoms with E-state index in [4.69, 9.17) is 0 Å². The summed E-state index contributed by atoms with van der Waals surface area (Å²) in [6.07, 6.45) is 6.81. The molecular weight excluding hydrogens is 218 g/mol. The lowest BCUT2D eigenvalue weighted by Crippen LogP contribution is -2.22. The largest absolute Gasteiger partial charge is 0.369 e. The van der Waals surface area contributed by atoms with Gasteiger partial charge in [0.15, 0.2) is 0 Å². The Morgan fingerprint density at radius 1 is 1.29 bits per heavy atom. The number of hydrogen-bond donors (Lipinski definition) is 1. The van der Waals surface area contributed by atoms with Crippen molar-refractivity contribution in [3.8, 4) is 0 Å². The van der Waals surface area contributed by atoms with E-state index in [2.05, 4.69) is 15.3 Å². The molecule has 90 valence electrons. The standard InChI is InChI=1S/C11H15N5O/c1-3-12-10-7-13-9(6-14-10)8-16-5-4-15(2)11(16)17/h4-7H,3,8H2,1-2H3,(H,12,14). The minimum atomic E-state index is -0.0532. The molecule has 0 fully saturated rings. The topological polar surface area (TPSA) is 64.7 Å². The average molecular weight is 233 g/mol. The van der Waals surface area contributed by atoms with Gasteiger partial charge in [-0.05, 0) is 6.92 Å². The molecule has 0 bridgehead atoms. The first-order valence-electron chi connectivity index (χ1n) is 5.47. The van der Waals surface area contributed by atoms with Crippen molar-refractivity contribution in [1.82, 2.24) is 19.1 Å². The van der Waals surface area contributed by atoms with Gasteiger partial charge in [0.05, 0.1) is 24.6 Å². The van der Waals surface area contributed by atoms with Gasteiger partial charge in [-0.3, -0.25) is 9.55 Å². The molecule has 2 rings (SSSR count). The minimum Gasteiger partial charge on any atom is -0.369 e. The van der Waals surface area contributed by atoms with Crippen molar-refractivity contribution in [2.24, 2.45) is 7.05 Å². The third kappa shape index (κ3) is 2.52. The summed E-state index contributed by atoms with van der Waals surface area (Å²) in [6, 6.07) is 0. The molecule has 0 aliphatic heterocycles. The van der Waals surface area contributed by atoms with E-state index >= 15 is 0 Å². The fraction of sp³-hybridized carbons (Fsp3) is 0.364. The van der Waals surface area contributed by atoms with Crippen LogP contribution in [0.15, 0.2) is 29.6 Å². The van der Waals surface area contributed by atoms with Gasteiger partial charge in [0.2, 0.25) is 0 Å². The molecule has 0 aromatic carbocycles. The van der Waals surface area contributed by atoms with Crippen LogP contribution in [0, 0.1) is 0 Å². The van der Waals surface area contributed by atoms with Crippen molar-refractivity contribution in [2.45, 2.75) is 13.5 Å². The molecule has 0 unspecified atom stereocenters. The molecule has 17 heavy (non-hydrogen) atoms. The highest BCUT2D eigenvalue weighted by Crippen LogP contribution is 2.01. The number of anilines is 1. The van der Waals surface area contributed by atoms with Crippen molar-refractivity contribution < 1.29 is 0 Å². The highest BCUT2D eigenvalue weighted by Gasteiger charge is 2.02. The molecule has 0 saturated carbocycles. The highest BCUT2D eigenvalue weighted by molar-refractivity contribution is 5.30. The Kier molecular flexibility index (Phi) is 3.22. The summed E-state index contributed by atoms with van der Waals surface area (Å²) in [4.78, 5) is 20.1. The summed E-state index contributed by atoms with van der Waals surface area (Å²) in [5.74, 6) is 0.747. The van der Waals surface area contributed by atoms with Gasteiger partial charge in [0.25, 0.3) is 0 Å². The molecular formula is C11H15N5O. The van der Waals surface area contributed by atoms with Gasteiger partial charge in [0.1, 0.15) is 5.82 Å². The first kappa shape index (κ1) is 11.4. The maximum atomic E-state index is 11.6. The van der Waals surface area contributed by atoms with Crippen molar-refractivity contribution in [1.29, 1.82) is 0 Å². The van der Waals surface area contributed by atoms with Crippen molar-refractivity contribution >= 4 is 5.82 Å². The maximum Gasteiger partial charge on any atom is 0.328 e. The predicted octanol–water partition coefficient (Wildman–Crippen LogP) is 0.457. The molecule has 0 atom stereocenters. The molecule has 6 nitrogen and oxygen atoms in total. The van der Waals surface area contributed by atoms with Gasteiger partial charge in [-0.2, -0.15) is 0 Å². The van der Waals surface area contributed by atoms with Crippen LogP contribution in [0.5, 0.6) is 0 Å². The second kappa shape index (κ2) is 4.82. The molecule has 1 N–H and O–H groups in total. The molecule has 0 saturated heterocycles. The van der Waals surface area contributed by atoms with Crippen LogP contribution in [0.3, 0.4) is 0 Å². The van der Waals surface area contributed by atoms with Crippen LogP contribution in [-0.2, 0) is 13.6 Å². The van der Waals surface area contributed by atoms with Crippen LogP contribution in [0.2, 0.25) is 0 Å². The van der Waals surface area contributed by atoms with Crippen LogP contribution in [0.4, 0.5) is 5.82 Å². The van der Waals surface area contributed by atoms with E-state index in [0.717, 1.165) is 18.1 Å². The first-order valence-corrected chi connectivity index (χ1v) is 5.47. The lowest BCUT2D eigenvalue weighted by atomic mass is 10.4. The molecule has 0 aliphatic carbocycles. The van der Waals surface area contributed by atoms with E-state index in [-0.39, 0.29) is 5.69 Å². The molecule has 0 amide bonds. The van der Waals surface area contributed by atoms with E-state index in [9.17, 15) is 4.79 Å². The quantitative estimate of drug-likeness (QED) is 0.833. The second-order valence-corrected chi connectivity index (χ2v) is 3.74. The zero-order valence-electron chi connectivity index (χ0n) is 9.92. The predicted molar refractivity (Wildman–Crippen MR) is 65.0 cm³/mol. The maximum absolute atomic E-state index is 11.6. The monoisotopic (exact) mass is 233 g/mol. The van der Waals surface area contributed by atoms with Crippen molar-refractivity contribution in [3.63, 3.8) is 0 Å². The number of imidazole rings is 1. The summed E-state index contributed by atoms with van der Waals surface area (Å²) in [5, 5.41) is 3.07. The fourth-order valence-corrected chi connectivity index (χ4v) is 1.51. The van der Waals surface area contributed by atoms with E-state index in [1.165, 1.54) is 4.57 Å². The van der Waals surface area contributed by atoms with Crippen LogP contribution < -0.4 is 11.0 Å². The SMILES string of the molecule is CCNc1cnc(Cn2ccn(C)c2=O)cn1. The Bertz CT molecular complexity index is 540. The van der Waals surface area contributed by atoms with E-state index in [1.807, 2.05) is 6.92 Å². The third-order valence-corrected chi connectivity index (χ3v) is 2.41. The summed E-state index contributed by atoms with van der Waals surface area (Å²) >= 11 is 0. The lowest BCUT2D eigenvalue weighted by molar-refractivity contribution is 0.702. The fourth-order valence-electron chi connectivity index (χ4n) is 1.51. The molecule has 2 heterocycles. The molecule has 0 spiro atoms. The van der Waals surface area contributed by atoms with Crippen LogP contribution in [-0.4, -0.2) is 25.6 Å². The van der Waals surface area contributed by atoms with Gasteiger partial charge in [0, 0.05) is 26.0 Å². The number of aromatic nitrogens is 4. The molecule has 2 aromatic rings.